The van der Waals surface area contributed by atoms with Crippen LogP contribution >= 0.6 is 0 Å². The van der Waals surface area contributed by atoms with Gasteiger partial charge in [0.2, 0.25) is 0 Å². The molecule has 0 aliphatic carbocycles. The van der Waals surface area contributed by atoms with Gasteiger partial charge in [0.1, 0.15) is 11.6 Å². The molecule has 0 spiro atoms. The molecule has 3 nitrogen and oxygen atoms in total. The number of nitrogens with one attached hydrogen (secondary N) is 1. The fraction of sp³-hybridized carbons (Fsp3) is 0.571. The predicted molar refractivity (Wildman–Crippen MR) is 71.8 cm³/mol. The van der Waals surface area contributed by atoms with Gasteiger partial charge in [-0.25, -0.2) is 8.78 Å². The molecule has 0 heterocycles. The third-order valence-electron chi connectivity index (χ3n) is 2.79. The highest BCUT2D eigenvalue weighted by atomic mass is 19.1. The zero-order valence-electron chi connectivity index (χ0n) is 11.4. The maximum Gasteiger partial charge on any atom is 0.126 e. The SMILES string of the molecule is CC(C)CNC[C@@H](O)[C@@H](N)Cc1cc(F)cc(F)c1. The largest absolute Gasteiger partial charge is 0.390 e. The van der Waals surface area contributed by atoms with E-state index in [0.29, 0.717) is 18.0 Å². The van der Waals surface area contributed by atoms with E-state index in [1.165, 1.54) is 12.1 Å². The lowest BCUT2D eigenvalue weighted by atomic mass is 10.0. The summed E-state index contributed by atoms with van der Waals surface area (Å²) in [6.07, 6.45) is -0.510. The molecule has 19 heavy (non-hydrogen) atoms. The van der Waals surface area contributed by atoms with E-state index < -0.39 is 23.8 Å². The highest BCUT2D eigenvalue weighted by Gasteiger charge is 2.16. The van der Waals surface area contributed by atoms with Gasteiger partial charge in [0.25, 0.3) is 0 Å². The summed E-state index contributed by atoms with van der Waals surface area (Å²) in [5.74, 6) is -0.773. The Morgan fingerprint density at radius 3 is 2.26 bits per heavy atom. The first-order valence-electron chi connectivity index (χ1n) is 6.47. The lowest BCUT2D eigenvalue weighted by Gasteiger charge is -2.20. The monoisotopic (exact) mass is 272 g/mol. The van der Waals surface area contributed by atoms with Crippen LogP contribution in [0.5, 0.6) is 0 Å². The molecule has 0 radical (unpaired) electrons. The first-order valence-corrected chi connectivity index (χ1v) is 6.47. The van der Waals surface area contributed by atoms with E-state index >= 15 is 0 Å². The maximum atomic E-state index is 13.0. The Bertz CT molecular complexity index is 379. The molecular formula is C14H22F2N2O. The zero-order chi connectivity index (χ0) is 14.4. The molecule has 0 bridgehead atoms. The highest BCUT2D eigenvalue weighted by molar-refractivity contribution is 5.19. The minimum absolute atomic E-state index is 0.235. The standard InChI is InChI=1S/C14H22F2N2O/c1-9(2)7-18-8-14(19)13(17)5-10-3-11(15)6-12(16)4-10/h3-4,6,9,13-14,18-19H,5,7-8,17H2,1-2H3/t13-,14+/m0/s1. The van der Waals surface area contributed by atoms with E-state index in [1.54, 1.807) is 0 Å². The molecular weight excluding hydrogens is 250 g/mol. The fourth-order valence-electron chi connectivity index (χ4n) is 1.81. The molecule has 0 unspecified atom stereocenters. The molecule has 5 heteroatoms. The summed E-state index contributed by atoms with van der Waals surface area (Å²) in [4.78, 5) is 0. The number of benzene rings is 1. The summed E-state index contributed by atoms with van der Waals surface area (Å²) in [7, 11) is 0. The van der Waals surface area contributed by atoms with Crippen LogP contribution in [0.2, 0.25) is 0 Å². The topological polar surface area (TPSA) is 58.3 Å². The number of nitrogens with two attached hydrogens (primary N) is 1. The second kappa shape index (κ2) is 7.53. The van der Waals surface area contributed by atoms with Crippen molar-refractivity contribution in [2.24, 2.45) is 11.7 Å². The first kappa shape index (κ1) is 16.0. The Kier molecular flexibility index (Phi) is 6.34. The number of halogens is 2. The molecule has 0 amide bonds. The van der Waals surface area contributed by atoms with Gasteiger partial charge in [-0.3, -0.25) is 0 Å². The van der Waals surface area contributed by atoms with Crippen molar-refractivity contribution in [3.8, 4) is 0 Å². The summed E-state index contributed by atoms with van der Waals surface area (Å²) >= 11 is 0. The Labute approximate surface area is 112 Å². The van der Waals surface area contributed by atoms with Crippen LogP contribution < -0.4 is 11.1 Å². The van der Waals surface area contributed by atoms with Crippen LogP contribution in [-0.4, -0.2) is 30.3 Å². The van der Waals surface area contributed by atoms with Crippen molar-refractivity contribution in [2.45, 2.75) is 32.4 Å². The van der Waals surface area contributed by atoms with Gasteiger partial charge in [0, 0.05) is 18.7 Å². The van der Waals surface area contributed by atoms with Crippen LogP contribution in [0, 0.1) is 17.6 Å². The fourth-order valence-corrected chi connectivity index (χ4v) is 1.81. The average Bonchev–Trinajstić information content (AvgIpc) is 2.26. The van der Waals surface area contributed by atoms with E-state index in [1.807, 2.05) is 0 Å². The molecule has 0 fully saturated rings. The third-order valence-corrected chi connectivity index (χ3v) is 2.79. The van der Waals surface area contributed by atoms with Gasteiger partial charge >= 0.3 is 0 Å². The number of rotatable bonds is 7. The second-order valence-corrected chi connectivity index (χ2v) is 5.27. The van der Waals surface area contributed by atoms with Crippen LogP contribution in [0.4, 0.5) is 8.78 Å². The molecule has 4 N–H and O–H groups in total. The van der Waals surface area contributed by atoms with E-state index in [4.69, 9.17) is 5.73 Å². The molecule has 1 rings (SSSR count). The quantitative estimate of drug-likeness (QED) is 0.704. The lowest BCUT2D eigenvalue weighted by Crippen LogP contribution is -2.43. The summed E-state index contributed by atoms with van der Waals surface area (Å²) in [6, 6.07) is 2.73. The number of aliphatic hydroxyl groups is 1. The van der Waals surface area contributed by atoms with Gasteiger partial charge in [0.05, 0.1) is 6.10 Å². The number of hydrogen-bond donors (Lipinski definition) is 3. The van der Waals surface area contributed by atoms with Gasteiger partial charge in [-0.1, -0.05) is 13.8 Å². The van der Waals surface area contributed by atoms with Gasteiger partial charge in [0.15, 0.2) is 0 Å². The normalized spacial score (nSPS) is 14.7. The number of aliphatic hydroxyl groups excluding tert-OH is 1. The van der Waals surface area contributed by atoms with Crippen LogP contribution in [0.1, 0.15) is 19.4 Å². The summed E-state index contributed by atoms with van der Waals surface area (Å²) in [6.45, 7) is 5.29. The Morgan fingerprint density at radius 2 is 1.74 bits per heavy atom. The smallest absolute Gasteiger partial charge is 0.126 e. The molecule has 2 atom stereocenters. The van der Waals surface area contributed by atoms with Crippen LogP contribution in [0.25, 0.3) is 0 Å². The van der Waals surface area contributed by atoms with Crippen molar-refractivity contribution in [1.29, 1.82) is 0 Å². The summed E-state index contributed by atoms with van der Waals surface area (Å²) < 4.78 is 26.0. The zero-order valence-corrected chi connectivity index (χ0v) is 11.4. The Morgan fingerprint density at radius 1 is 1.16 bits per heavy atom. The van der Waals surface area contributed by atoms with Crippen molar-refractivity contribution < 1.29 is 13.9 Å². The lowest BCUT2D eigenvalue weighted by molar-refractivity contribution is 0.141. The van der Waals surface area contributed by atoms with Crippen molar-refractivity contribution in [3.63, 3.8) is 0 Å². The van der Waals surface area contributed by atoms with Crippen LogP contribution in [0.3, 0.4) is 0 Å². The summed E-state index contributed by atoms with van der Waals surface area (Å²) in [5, 5.41) is 13.0. The third kappa shape index (κ3) is 6.09. The Hall–Kier alpha value is -1.04. The molecule has 0 saturated heterocycles. The van der Waals surface area contributed by atoms with Gasteiger partial charge < -0.3 is 16.2 Å². The predicted octanol–water partition coefficient (Wildman–Crippen LogP) is 1.44. The van der Waals surface area contributed by atoms with Gasteiger partial charge in [-0.05, 0) is 36.6 Å². The minimum Gasteiger partial charge on any atom is -0.390 e. The molecule has 0 aliphatic rings. The van der Waals surface area contributed by atoms with E-state index in [-0.39, 0.29) is 6.42 Å². The van der Waals surface area contributed by atoms with E-state index in [2.05, 4.69) is 19.2 Å². The maximum absolute atomic E-state index is 13.0. The van der Waals surface area contributed by atoms with Crippen LogP contribution in [0.15, 0.2) is 18.2 Å². The summed E-state index contributed by atoms with van der Waals surface area (Å²) in [5.41, 5.74) is 6.28. The minimum atomic E-state index is -0.745. The molecule has 108 valence electrons. The van der Waals surface area contributed by atoms with Crippen molar-refractivity contribution in [3.05, 3.63) is 35.4 Å². The molecule has 0 aromatic heterocycles. The molecule has 1 aromatic rings. The van der Waals surface area contributed by atoms with Crippen molar-refractivity contribution >= 4 is 0 Å². The van der Waals surface area contributed by atoms with Crippen LogP contribution in [-0.2, 0) is 6.42 Å². The van der Waals surface area contributed by atoms with Gasteiger partial charge in [-0.15, -0.1) is 0 Å². The van der Waals surface area contributed by atoms with Crippen molar-refractivity contribution in [2.75, 3.05) is 13.1 Å². The number of hydrogen-bond acceptors (Lipinski definition) is 3. The van der Waals surface area contributed by atoms with E-state index in [0.717, 1.165) is 12.6 Å². The molecule has 0 saturated carbocycles. The van der Waals surface area contributed by atoms with Crippen molar-refractivity contribution in [1.82, 2.24) is 5.32 Å². The molecule has 0 aliphatic heterocycles. The second-order valence-electron chi connectivity index (χ2n) is 5.27. The average molecular weight is 272 g/mol. The first-order chi connectivity index (χ1) is 8.88. The van der Waals surface area contributed by atoms with E-state index in [9.17, 15) is 13.9 Å². The Balaban J connectivity index is 2.46. The highest BCUT2D eigenvalue weighted by Crippen LogP contribution is 2.10. The van der Waals surface area contributed by atoms with Gasteiger partial charge in [-0.2, -0.15) is 0 Å². The molecule has 1 aromatic carbocycles.